The normalized spacial score (nSPS) is 15.9. The Labute approximate surface area is 191 Å². The quantitative estimate of drug-likeness (QED) is 0.628. The Morgan fingerprint density at radius 1 is 1.03 bits per heavy atom. The fourth-order valence-corrected chi connectivity index (χ4v) is 4.13. The van der Waals surface area contributed by atoms with Crippen molar-refractivity contribution in [2.75, 3.05) is 20.2 Å². The number of carbonyl (C=O) groups excluding carboxylic acids is 2. The number of hydrogen-bond donors (Lipinski definition) is 2. The molecule has 32 heavy (non-hydrogen) atoms. The van der Waals surface area contributed by atoms with Gasteiger partial charge in [-0.1, -0.05) is 62.4 Å². The van der Waals surface area contributed by atoms with Crippen LogP contribution in [-0.4, -0.2) is 43.0 Å². The van der Waals surface area contributed by atoms with Crippen LogP contribution >= 0.6 is 0 Å². The molecule has 6 nitrogen and oxygen atoms in total. The zero-order valence-electron chi connectivity index (χ0n) is 19.3. The lowest BCUT2D eigenvalue weighted by Crippen LogP contribution is -2.48. The molecule has 1 atom stereocenters. The number of piperidine rings is 1. The van der Waals surface area contributed by atoms with Crippen LogP contribution in [0, 0.1) is 5.92 Å². The van der Waals surface area contributed by atoms with E-state index in [-0.39, 0.29) is 23.8 Å². The van der Waals surface area contributed by atoms with E-state index in [2.05, 4.69) is 21.6 Å². The second kappa shape index (κ2) is 11.7. The number of hydrogen-bond acceptors (Lipinski definition) is 4. The molecule has 0 aliphatic carbocycles. The molecule has 1 heterocycles. The molecule has 3 rings (SSSR count). The molecular formula is C26H35N3O3. The first-order chi connectivity index (χ1) is 15.5. The molecule has 1 aliphatic heterocycles. The maximum atomic E-state index is 13.1. The highest BCUT2D eigenvalue weighted by Gasteiger charge is 2.27. The van der Waals surface area contributed by atoms with E-state index in [1.165, 1.54) is 5.56 Å². The van der Waals surface area contributed by atoms with Gasteiger partial charge >= 0.3 is 0 Å². The van der Waals surface area contributed by atoms with Gasteiger partial charge in [-0.05, 0) is 30.4 Å². The van der Waals surface area contributed by atoms with Crippen LogP contribution in [0.2, 0.25) is 0 Å². The Morgan fingerprint density at radius 3 is 2.34 bits per heavy atom. The lowest BCUT2D eigenvalue weighted by Gasteiger charge is -2.33. The van der Waals surface area contributed by atoms with Gasteiger partial charge in [-0.2, -0.15) is 0 Å². The van der Waals surface area contributed by atoms with Gasteiger partial charge in [-0.3, -0.25) is 14.5 Å². The third-order valence-electron chi connectivity index (χ3n) is 5.81. The first kappa shape index (κ1) is 23.8. The van der Waals surface area contributed by atoms with Crippen molar-refractivity contribution >= 4 is 11.8 Å². The summed E-state index contributed by atoms with van der Waals surface area (Å²) in [6.45, 7) is 6.63. The Kier molecular flexibility index (Phi) is 8.68. The molecule has 0 bridgehead atoms. The van der Waals surface area contributed by atoms with E-state index in [1.54, 1.807) is 7.11 Å². The molecule has 1 saturated heterocycles. The Morgan fingerprint density at radius 2 is 1.69 bits per heavy atom. The first-order valence-electron chi connectivity index (χ1n) is 11.4. The zero-order chi connectivity index (χ0) is 22.9. The highest BCUT2D eigenvalue weighted by Crippen LogP contribution is 2.22. The summed E-state index contributed by atoms with van der Waals surface area (Å²) in [6.07, 6.45) is 2.16. The number of nitrogens with one attached hydrogen (secondary N) is 2. The Bertz CT molecular complexity index is 877. The van der Waals surface area contributed by atoms with Gasteiger partial charge in [0, 0.05) is 37.7 Å². The van der Waals surface area contributed by atoms with Gasteiger partial charge in [0.1, 0.15) is 11.8 Å². The molecule has 0 radical (unpaired) electrons. The maximum absolute atomic E-state index is 13.1. The van der Waals surface area contributed by atoms with Crippen LogP contribution in [0.4, 0.5) is 0 Å². The minimum atomic E-state index is -0.672. The van der Waals surface area contributed by atoms with Crippen molar-refractivity contribution in [2.45, 2.75) is 51.7 Å². The Balaban J connectivity index is 1.57. The maximum Gasteiger partial charge on any atom is 0.247 e. The molecule has 172 valence electrons. The lowest BCUT2D eigenvalue weighted by atomic mass is 10.0. The SMILES string of the molecule is COc1ccccc1CN1CCC(NC(=O)C(NC(=O)CC(C)C)c2ccccc2)CC1. The van der Waals surface area contributed by atoms with Crippen LogP contribution in [0.3, 0.4) is 0 Å². The van der Waals surface area contributed by atoms with Crippen molar-refractivity contribution in [3.8, 4) is 5.75 Å². The van der Waals surface area contributed by atoms with E-state index in [9.17, 15) is 9.59 Å². The highest BCUT2D eigenvalue weighted by atomic mass is 16.5. The fourth-order valence-electron chi connectivity index (χ4n) is 4.13. The molecular weight excluding hydrogens is 402 g/mol. The van der Waals surface area contributed by atoms with Crippen molar-refractivity contribution in [1.82, 2.24) is 15.5 Å². The predicted octanol–water partition coefficient (Wildman–Crippen LogP) is 3.68. The van der Waals surface area contributed by atoms with Crippen LogP contribution in [0.1, 0.15) is 50.3 Å². The summed E-state index contributed by atoms with van der Waals surface area (Å²) in [7, 11) is 1.70. The van der Waals surface area contributed by atoms with Crippen molar-refractivity contribution in [3.63, 3.8) is 0 Å². The summed E-state index contributed by atoms with van der Waals surface area (Å²) in [6, 6.07) is 17.0. The van der Waals surface area contributed by atoms with Gasteiger partial charge in [-0.25, -0.2) is 0 Å². The number of amides is 2. The predicted molar refractivity (Wildman–Crippen MR) is 126 cm³/mol. The van der Waals surface area contributed by atoms with E-state index >= 15 is 0 Å². The minimum absolute atomic E-state index is 0.101. The average molecular weight is 438 g/mol. The second-order valence-corrected chi connectivity index (χ2v) is 8.88. The number of likely N-dealkylation sites (tertiary alicyclic amines) is 1. The summed E-state index contributed by atoms with van der Waals surface area (Å²) >= 11 is 0. The monoisotopic (exact) mass is 437 g/mol. The first-order valence-corrected chi connectivity index (χ1v) is 11.4. The van der Waals surface area contributed by atoms with Gasteiger partial charge in [0.2, 0.25) is 11.8 Å². The summed E-state index contributed by atoms with van der Waals surface area (Å²) in [5.74, 6) is 0.903. The van der Waals surface area contributed by atoms with Crippen LogP contribution in [0.15, 0.2) is 54.6 Å². The molecule has 2 aromatic carbocycles. The van der Waals surface area contributed by atoms with Gasteiger partial charge in [0.05, 0.1) is 7.11 Å². The minimum Gasteiger partial charge on any atom is -0.496 e. The highest BCUT2D eigenvalue weighted by molar-refractivity contribution is 5.88. The van der Waals surface area contributed by atoms with E-state index in [4.69, 9.17) is 4.74 Å². The average Bonchev–Trinajstić information content (AvgIpc) is 2.79. The molecule has 6 heteroatoms. The molecule has 1 unspecified atom stereocenters. The van der Waals surface area contributed by atoms with E-state index in [1.807, 2.05) is 62.4 Å². The van der Waals surface area contributed by atoms with Gasteiger partial charge < -0.3 is 15.4 Å². The lowest BCUT2D eigenvalue weighted by molar-refractivity contribution is -0.130. The number of benzene rings is 2. The molecule has 1 aliphatic rings. The van der Waals surface area contributed by atoms with Crippen molar-refractivity contribution in [3.05, 3.63) is 65.7 Å². The molecule has 2 aromatic rings. The molecule has 2 amide bonds. The number of ether oxygens (including phenoxy) is 1. The third kappa shape index (κ3) is 6.82. The van der Waals surface area contributed by atoms with E-state index in [0.29, 0.717) is 6.42 Å². The summed E-state index contributed by atoms with van der Waals surface area (Å²) in [4.78, 5) is 27.9. The Hall–Kier alpha value is -2.86. The van der Waals surface area contributed by atoms with Crippen LogP contribution in [0.5, 0.6) is 5.75 Å². The van der Waals surface area contributed by atoms with Gasteiger partial charge in [-0.15, -0.1) is 0 Å². The number of carbonyl (C=O) groups is 2. The van der Waals surface area contributed by atoms with Crippen molar-refractivity contribution < 1.29 is 14.3 Å². The van der Waals surface area contributed by atoms with Gasteiger partial charge in [0.25, 0.3) is 0 Å². The molecule has 0 spiro atoms. The van der Waals surface area contributed by atoms with E-state index < -0.39 is 6.04 Å². The number of methoxy groups -OCH3 is 1. The fraction of sp³-hybridized carbons (Fsp3) is 0.462. The topological polar surface area (TPSA) is 70.7 Å². The summed E-state index contributed by atoms with van der Waals surface area (Å²) in [5.41, 5.74) is 1.98. The van der Waals surface area contributed by atoms with Crippen LogP contribution in [-0.2, 0) is 16.1 Å². The zero-order valence-corrected chi connectivity index (χ0v) is 19.3. The standard InChI is InChI=1S/C26H35N3O3/c1-19(2)17-24(30)28-25(20-9-5-4-6-10-20)26(31)27-22-13-15-29(16-14-22)18-21-11-7-8-12-23(21)32-3/h4-12,19,22,25H,13-18H2,1-3H3,(H,27,31)(H,28,30). The van der Waals surface area contributed by atoms with E-state index in [0.717, 1.165) is 43.8 Å². The summed E-state index contributed by atoms with van der Waals surface area (Å²) < 4.78 is 5.47. The van der Waals surface area contributed by atoms with Crippen LogP contribution in [0.25, 0.3) is 0 Å². The molecule has 1 fully saturated rings. The van der Waals surface area contributed by atoms with Crippen molar-refractivity contribution in [2.24, 2.45) is 5.92 Å². The summed E-state index contributed by atoms with van der Waals surface area (Å²) in [5, 5.41) is 6.11. The smallest absolute Gasteiger partial charge is 0.247 e. The molecule has 0 saturated carbocycles. The second-order valence-electron chi connectivity index (χ2n) is 8.88. The third-order valence-corrected chi connectivity index (χ3v) is 5.81. The van der Waals surface area contributed by atoms with Crippen molar-refractivity contribution in [1.29, 1.82) is 0 Å². The number of nitrogens with zero attached hydrogens (tertiary/aromatic N) is 1. The number of para-hydroxylation sites is 1. The largest absolute Gasteiger partial charge is 0.496 e. The number of rotatable bonds is 9. The molecule has 0 aromatic heterocycles. The van der Waals surface area contributed by atoms with Crippen LogP contribution < -0.4 is 15.4 Å². The molecule has 2 N–H and O–H groups in total. The van der Waals surface area contributed by atoms with Gasteiger partial charge in [0.15, 0.2) is 0 Å².